The molecule has 78 valence electrons. The molecule has 0 unspecified atom stereocenters. The molecule has 0 aliphatic carbocycles. The zero-order valence-corrected chi connectivity index (χ0v) is 9.12. The van der Waals surface area contributed by atoms with Crippen molar-refractivity contribution in [2.75, 3.05) is 5.75 Å². The number of hydrogen-bond donors (Lipinski definition) is 1. The van der Waals surface area contributed by atoms with Gasteiger partial charge in [-0.2, -0.15) is 0 Å². The molecule has 1 heterocycles. The first kappa shape index (κ1) is 10.2. The number of hydrogen-bond acceptors (Lipinski definition) is 3. The highest BCUT2D eigenvalue weighted by atomic mass is 32.2. The lowest BCUT2D eigenvalue weighted by Gasteiger charge is -2.09. The van der Waals surface area contributed by atoms with Gasteiger partial charge in [-0.1, -0.05) is 18.2 Å². The fourth-order valence-corrected chi connectivity index (χ4v) is 2.63. The zero-order chi connectivity index (χ0) is 10.8. The molecule has 15 heavy (non-hydrogen) atoms. The molecule has 1 N–H and O–H groups in total. The Labute approximate surface area is 92.2 Å². The van der Waals surface area contributed by atoms with Gasteiger partial charge in [-0.15, -0.1) is 11.8 Å². The number of thioether (sulfide) groups is 1. The minimum atomic E-state index is -0.780. The van der Waals surface area contributed by atoms with E-state index in [0.717, 1.165) is 17.0 Å². The highest BCUT2D eigenvalue weighted by Crippen LogP contribution is 2.41. The van der Waals surface area contributed by atoms with E-state index in [1.807, 2.05) is 31.2 Å². The van der Waals surface area contributed by atoms with E-state index in [1.54, 1.807) is 0 Å². The summed E-state index contributed by atoms with van der Waals surface area (Å²) in [5.41, 5.74) is 3.08. The van der Waals surface area contributed by atoms with Crippen molar-refractivity contribution in [2.24, 2.45) is 4.99 Å². The molecule has 0 saturated heterocycles. The highest BCUT2D eigenvalue weighted by Gasteiger charge is 2.24. The van der Waals surface area contributed by atoms with Gasteiger partial charge in [0.2, 0.25) is 0 Å². The molecule has 1 aliphatic heterocycles. The van der Waals surface area contributed by atoms with E-state index in [-0.39, 0.29) is 11.0 Å². The molecule has 1 atom stereocenters. The normalized spacial score (nSPS) is 18.5. The molecule has 0 fully saturated rings. The van der Waals surface area contributed by atoms with E-state index in [4.69, 9.17) is 5.11 Å². The molecule has 1 aliphatic rings. The van der Waals surface area contributed by atoms with Crippen molar-refractivity contribution in [1.82, 2.24) is 0 Å². The van der Waals surface area contributed by atoms with E-state index in [9.17, 15) is 4.79 Å². The molecule has 0 bridgehead atoms. The Balaban J connectivity index is 2.20. The maximum atomic E-state index is 10.5. The Hall–Kier alpha value is -1.29. The van der Waals surface area contributed by atoms with Crippen LogP contribution in [0.15, 0.2) is 29.3 Å². The molecule has 0 spiro atoms. The molecule has 1 aromatic carbocycles. The van der Waals surface area contributed by atoms with Crippen LogP contribution >= 0.6 is 11.8 Å². The van der Waals surface area contributed by atoms with Gasteiger partial charge in [-0.3, -0.25) is 9.79 Å². The molecular formula is C11H11NO2S. The lowest BCUT2D eigenvalue weighted by atomic mass is 10.1. The summed E-state index contributed by atoms with van der Waals surface area (Å²) in [5, 5.41) is 8.76. The molecule has 0 radical (unpaired) electrons. The van der Waals surface area contributed by atoms with Crippen LogP contribution < -0.4 is 0 Å². The maximum absolute atomic E-state index is 10.5. The van der Waals surface area contributed by atoms with Crippen molar-refractivity contribution in [2.45, 2.75) is 12.2 Å². The smallest absolute Gasteiger partial charge is 0.313 e. The summed E-state index contributed by atoms with van der Waals surface area (Å²) < 4.78 is 0. The number of nitrogens with zero attached hydrogens (tertiary/aromatic N) is 1. The quantitative estimate of drug-likeness (QED) is 0.853. The van der Waals surface area contributed by atoms with E-state index in [1.165, 1.54) is 11.8 Å². The van der Waals surface area contributed by atoms with Gasteiger partial charge in [-0.25, -0.2) is 0 Å². The number of benzene rings is 1. The number of rotatable bonds is 3. The van der Waals surface area contributed by atoms with Gasteiger partial charge in [0.1, 0.15) is 0 Å². The number of carboxylic acid groups (broad SMARTS) is 1. The lowest BCUT2D eigenvalue weighted by molar-refractivity contribution is -0.133. The Morgan fingerprint density at radius 3 is 3.00 bits per heavy atom. The van der Waals surface area contributed by atoms with Crippen molar-refractivity contribution in [3.05, 3.63) is 29.8 Å². The third kappa shape index (κ3) is 2.04. The summed E-state index contributed by atoms with van der Waals surface area (Å²) >= 11 is 1.41. The van der Waals surface area contributed by atoms with E-state index >= 15 is 0 Å². The lowest BCUT2D eigenvalue weighted by Crippen LogP contribution is -2.05. The third-order valence-electron chi connectivity index (χ3n) is 2.27. The van der Waals surface area contributed by atoms with Crippen LogP contribution in [0, 0.1) is 0 Å². The first-order chi connectivity index (χ1) is 7.18. The Morgan fingerprint density at radius 1 is 1.53 bits per heavy atom. The Kier molecular flexibility index (Phi) is 2.77. The minimum Gasteiger partial charge on any atom is -0.481 e. The van der Waals surface area contributed by atoms with Crippen LogP contribution in [0.1, 0.15) is 17.7 Å². The van der Waals surface area contributed by atoms with Crippen LogP contribution in [0.25, 0.3) is 0 Å². The number of carbonyl (C=O) groups is 1. The van der Waals surface area contributed by atoms with Gasteiger partial charge in [0, 0.05) is 5.71 Å². The second kappa shape index (κ2) is 4.06. The van der Waals surface area contributed by atoms with Crippen LogP contribution in [-0.2, 0) is 4.79 Å². The minimum absolute atomic E-state index is 0.109. The maximum Gasteiger partial charge on any atom is 0.313 e. The molecule has 1 aromatic rings. The fourth-order valence-electron chi connectivity index (χ4n) is 1.65. The van der Waals surface area contributed by atoms with Gasteiger partial charge >= 0.3 is 5.97 Å². The molecule has 0 saturated carbocycles. The van der Waals surface area contributed by atoms with Crippen molar-refractivity contribution in [3.8, 4) is 0 Å². The highest BCUT2D eigenvalue weighted by molar-refractivity contribution is 8.00. The summed E-state index contributed by atoms with van der Waals surface area (Å²) in [4.78, 5) is 14.9. The summed E-state index contributed by atoms with van der Waals surface area (Å²) in [7, 11) is 0. The van der Waals surface area contributed by atoms with E-state index in [2.05, 4.69) is 4.99 Å². The van der Waals surface area contributed by atoms with Crippen molar-refractivity contribution < 1.29 is 9.90 Å². The van der Waals surface area contributed by atoms with Gasteiger partial charge in [0.05, 0.1) is 16.7 Å². The van der Waals surface area contributed by atoms with Crippen molar-refractivity contribution in [3.63, 3.8) is 0 Å². The predicted octanol–water partition coefficient (Wildman–Crippen LogP) is 2.65. The number of fused-ring (bicyclic) bond motifs is 1. The molecule has 3 nitrogen and oxygen atoms in total. The van der Waals surface area contributed by atoms with Crippen LogP contribution in [0.5, 0.6) is 0 Å². The summed E-state index contributed by atoms with van der Waals surface area (Å²) in [6, 6.07) is 7.87. The van der Waals surface area contributed by atoms with E-state index in [0.29, 0.717) is 0 Å². The van der Waals surface area contributed by atoms with Crippen LogP contribution in [-0.4, -0.2) is 22.5 Å². The second-order valence-corrected chi connectivity index (χ2v) is 4.49. The first-order valence-corrected chi connectivity index (χ1v) is 5.71. The molecular weight excluding hydrogens is 210 g/mol. The Bertz CT molecular complexity index is 428. The molecule has 2 rings (SSSR count). The number of aliphatic carboxylic acids is 1. The molecule has 4 heteroatoms. The fraction of sp³-hybridized carbons (Fsp3) is 0.273. The zero-order valence-electron chi connectivity index (χ0n) is 8.30. The summed E-state index contributed by atoms with van der Waals surface area (Å²) in [5.74, 6) is -0.663. The van der Waals surface area contributed by atoms with Gasteiger partial charge < -0.3 is 5.11 Å². The van der Waals surface area contributed by atoms with Crippen LogP contribution in [0.3, 0.4) is 0 Å². The first-order valence-electron chi connectivity index (χ1n) is 4.66. The van der Waals surface area contributed by atoms with Gasteiger partial charge in [0.25, 0.3) is 0 Å². The summed E-state index contributed by atoms with van der Waals surface area (Å²) in [6.45, 7) is 1.94. The second-order valence-electron chi connectivity index (χ2n) is 3.40. The average Bonchev–Trinajstić information content (AvgIpc) is 2.50. The average molecular weight is 221 g/mol. The van der Waals surface area contributed by atoms with Crippen LogP contribution in [0.4, 0.5) is 5.69 Å². The van der Waals surface area contributed by atoms with Gasteiger partial charge in [0.15, 0.2) is 0 Å². The summed E-state index contributed by atoms with van der Waals surface area (Å²) in [6.07, 6.45) is 0. The number of aliphatic imine (C=N–C) groups is 1. The van der Waals surface area contributed by atoms with Gasteiger partial charge in [-0.05, 0) is 18.6 Å². The van der Waals surface area contributed by atoms with Crippen molar-refractivity contribution in [1.29, 1.82) is 0 Å². The standard InChI is InChI=1S/C11H11NO2S/c1-7-11(15-6-10(13)14)8-4-2-3-5-9(8)12-7/h2-5,11H,6H2,1H3,(H,13,14)/t11-/m0/s1. The van der Waals surface area contributed by atoms with Crippen molar-refractivity contribution >= 4 is 29.1 Å². The SMILES string of the molecule is CC1=Nc2ccccc2[C@H]1SCC(=O)O. The number of para-hydroxylation sites is 1. The number of carboxylic acids is 1. The molecule has 0 aromatic heterocycles. The monoisotopic (exact) mass is 221 g/mol. The topological polar surface area (TPSA) is 49.7 Å². The largest absolute Gasteiger partial charge is 0.481 e. The van der Waals surface area contributed by atoms with Crippen LogP contribution in [0.2, 0.25) is 0 Å². The Morgan fingerprint density at radius 2 is 2.27 bits per heavy atom. The third-order valence-corrected chi connectivity index (χ3v) is 3.61. The molecule has 0 amide bonds. The van der Waals surface area contributed by atoms with E-state index < -0.39 is 5.97 Å². The predicted molar refractivity (Wildman–Crippen MR) is 62.0 cm³/mol.